The number of nitriles is 1. The third kappa shape index (κ3) is 4.32. The second-order valence-corrected chi connectivity index (χ2v) is 11.6. The first-order valence-electron chi connectivity index (χ1n) is 8.92. The highest BCUT2D eigenvalue weighted by atomic mass is 31.3. The SMILES string of the molecule is N#C[C@@]1(c2ccc3c(N)ncnn23)O[C@@]2(COP(=O)(O)OP(=O)(O)OP(=O)(O)O)CO[C@@H]1[C@@H]2O. The number of rotatable bonds is 8. The van der Waals surface area contributed by atoms with E-state index in [1.807, 2.05) is 6.07 Å². The molecule has 2 aliphatic rings. The summed E-state index contributed by atoms with van der Waals surface area (Å²) in [7, 11) is -16.9. The lowest BCUT2D eigenvalue weighted by Crippen LogP contribution is -2.48. The zero-order valence-electron chi connectivity index (χ0n) is 16.5. The highest BCUT2D eigenvalue weighted by molar-refractivity contribution is 7.66. The fourth-order valence-electron chi connectivity index (χ4n) is 3.72. The average molecular weight is 543 g/mol. The van der Waals surface area contributed by atoms with E-state index in [2.05, 4.69) is 23.2 Å². The third-order valence-electron chi connectivity index (χ3n) is 5.01. The van der Waals surface area contributed by atoms with Crippen molar-refractivity contribution >= 4 is 34.8 Å². The van der Waals surface area contributed by atoms with Crippen LogP contribution in [0.3, 0.4) is 0 Å². The first-order valence-corrected chi connectivity index (χ1v) is 13.4. The smallest absolute Gasteiger partial charge is 0.387 e. The molecule has 0 amide bonds. The molecule has 7 N–H and O–H groups in total. The summed E-state index contributed by atoms with van der Waals surface area (Å²) in [5, 5.41) is 24.7. The van der Waals surface area contributed by atoms with E-state index in [0.29, 0.717) is 5.52 Å². The Morgan fingerprint density at radius 1 is 1.24 bits per heavy atom. The molecular formula is C13H16N5O13P3. The molecule has 0 aromatic carbocycles. The lowest BCUT2D eigenvalue weighted by atomic mass is 9.91. The first kappa shape index (κ1) is 25.3. The molecule has 2 aliphatic heterocycles. The number of aliphatic hydroxyl groups is 1. The second-order valence-electron chi connectivity index (χ2n) is 7.22. The Morgan fingerprint density at radius 3 is 2.59 bits per heavy atom. The van der Waals surface area contributed by atoms with Crippen LogP contribution in [0.1, 0.15) is 5.69 Å². The standard InChI is InChI=1S/C13H16N5O13P3/c14-3-13(8-2-1-7-11(15)16-6-17-18(7)8)10-9(19)12(29-13,4-27-10)5-28-33(23,24)31-34(25,26)30-32(20,21)22/h1-2,6,9-10,19H,4-5H2,(H,23,24)(H,25,26)(H2,15,16,17)(H2,20,21,22)/t9-,10+,12+,13-/m0/s1. The minimum Gasteiger partial charge on any atom is -0.387 e. The number of anilines is 1. The Bertz CT molecular complexity index is 1320. The van der Waals surface area contributed by atoms with E-state index in [1.165, 1.54) is 16.6 Å². The molecule has 2 saturated heterocycles. The number of hydrogen-bond donors (Lipinski definition) is 6. The Hall–Kier alpha value is -1.80. The maximum absolute atomic E-state index is 12.1. The van der Waals surface area contributed by atoms with Crippen molar-refractivity contribution in [3.8, 4) is 6.07 Å². The fourth-order valence-corrected chi connectivity index (χ4v) is 6.79. The van der Waals surface area contributed by atoms with Crippen LogP contribution in [0, 0.1) is 11.3 Å². The number of nitrogens with zero attached hydrogens (tertiary/aromatic N) is 4. The number of aromatic nitrogens is 3. The van der Waals surface area contributed by atoms with Gasteiger partial charge in [-0.1, -0.05) is 0 Å². The Kier molecular flexibility index (Phi) is 6.04. The molecule has 4 rings (SSSR count). The maximum Gasteiger partial charge on any atom is 0.490 e. The molecule has 18 nitrogen and oxygen atoms in total. The van der Waals surface area contributed by atoms with Crippen LogP contribution >= 0.6 is 23.5 Å². The number of phosphoric ester groups is 1. The van der Waals surface area contributed by atoms with Gasteiger partial charge in [0.1, 0.15) is 35.7 Å². The molecular weight excluding hydrogens is 527 g/mol. The van der Waals surface area contributed by atoms with Crippen LogP contribution in [0.15, 0.2) is 18.5 Å². The van der Waals surface area contributed by atoms with Crippen molar-refractivity contribution in [1.82, 2.24) is 14.6 Å². The molecule has 2 aromatic rings. The molecule has 2 unspecified atom stereocenters. The van der Waals surface area contributed by atoms with Gasteiger partial charge in [-0.2, -0.15) is 19.0 Å². The molecule has 0 saturated carbocycles. The van der Waals surface area contributed by atoms with Crippen molar-refractivity contribution in [2.45, 2.75) is 23.4 Å². The number of nitrogen functional groups attached to an aromatic ring is 1. The zero-order valence-corrected chi connectivity index (χ0v) is 19.2. The van der Waals surface area contributed by atoms with Crippen molar-refractivity contribution in [1.29, 1.82) is 5.26 Å². The lowest BCUT2D eigenvalue weighted by molar-refractivity contribution is -0.195. The van der Waals surface area contributed by atoms with Crippen LogP contribution in [-0.4, -0.2) is 70.3 Å². The molecule has 2 bridgehead atoms. The number of nitrogens with two attached hydrogens (primary N) is 1. The molecule has 21 heteroatoms. The van der Waals surface area contributed by atoms with Crippen LogP contribution in [0.25, 0.3) is 5.52 Å². The predicted octanol–water partition coefficient (Wildman–Crippen LogP) is -1.10. The van der Waals surface area contributed by atoms with Crippen LogP contribution in [0.5, 0.6) is 0 Å². The zero-order chi connectivity index (χ0) is 25.2. The summed E-state index contributed by atoms with van der Waals surface area (Å²) >= 11 is 0. The van der Waals surface area contributed by atoms with Gasteiger partial charge in [-0.05, 0) is 12.1 Å². The largest absolute Gasteiger partial charge is 0.490 e. The number of phosphoric acid groups is 3. The summed E-state index contributed by atoms with van der Waals surface area (Å²) in [4.78, 5) is 40.0. The van der Waals surface area contributed by atoms with E-state index in [9.17, 15) is 33.9 Å². The van der Waals surface area contributed by atoms with Crippen LogP contribution in [0.4, 0.5) is 5.82 Å². The van der Waals surface area contributed by atoms with E-state index in [4.69, 9.17) is 25.0 Å². The van der Waals surface area contributed by atoms with Gasteiger partial charge in [0.05, 0.1) is 18.9 Å². The maximum atomic E-state index is 12.1. The highest BCUT2D eigenvalue weighted by Gasteiger charge is 2.70. The van der Waals surface area contributed by atoms with Crippen molar-refractivity contribution in [2.75, 3.05) is 18.9 Å². The van der Waals surface area contributed by atoms with Crippen molar-refractivity contribution in [2.24, 2.45) is 0 Å². The summed E-state index contributed by atoms with van der Waals surface area (Å²) in [5.41, 5.74) is 2.26. The predicted molar refractivity (Wildman–Crippen MR) is 104 cm³/mol. The summed E-state index contributed by atoms with van der Waals surface area (Å²) in [5.74, 6) is 0.0846. The molecule has 34 heavy (non-hydrogen) atoms. The number of hydrogen-bond acceptors (Lipinski definition) is 13. The van der Waals surface area contributed by atoms with Gasteiger partial charge in [-0.15, -0.1) is 0 Å². The summed E-state index contributed by atoms with van der Waals surface area (Å²) in [6, 6.07) is 4.82. The van der Waals surface area contributed by atoms with E-state index >= 15 is 0 Å². The van der Waals surface area contributed by atoms with Crippen molar-refractivity contribution < 1.29 is 61.0 Å². The van der Waals surface area contributed by atoms with E-state index in [1.54, 1.807) is 0 Å². The van der Waals surface area contributed by atoms with Gasteiger partial charge >= 0.3 is 23.5 Å². The number of ether oxygens (including phenoxy) is 2. The fraction of sp³-hybridized carbons (Fsp3) is 0.462. The van der Waals surface area contributed by atoms with Gasteiger partial charge < -0.3 is 39.9 Å². The molecule has 4 heterocycles. The number of fused-ring (bicyclic) bond motifs is 3. The van der Waals surface area contributed by atoms with Gasteiger partial charge in [-0.25, -0.2) is 23.2 Å². The summed E-state index contributed by atoms with van der Waals surface area (Å²) < 4.78 is 58.8. The Morgan fingerprint density at radius 2 is 1.94 bits per heavy atom. The van der Waals surface area contributed by atoms with Crippen LogP contribution in [0.2, 0.25) is 0 Å². The highest BCUT2D eigenvalue weighted by Crippen LogP contribution is 2.66. The minimum absolute atomic E-state index is 0.0846. The molecule has 2 fully saturated rings. The first-order chi connectivity index (χ1) is 15.6. The molecule has 0 aliphatic carbocycles. The second kappa shape index (κ2) is 8.12. The van der Waals surface area contributed by atoms with Gasteiger partial charge in [0.2, 0.25) is 5.60 Å². The summed E-state index contributed by atoms with van der Waals surface area (Å²) in [6.07, 6.45) is -1.81. The monoisotopic (exact) mass is 543 g/mol. The van der Waals surface area contributed by atoms with Crippen LogP contribution in [-0.2, 0) is 41.9 Å². The molecule has 0 spiro atoms. The Labute approximate surface area is 188 Å². The van der Waals surface area contributed by atoms with Gasteiger partial charge in [0.25, 0.3) is 0 Å². The van der Waals surface area contributed by atoms with Crippen molar-refractivity contribution in [3.05, 3.63) is 24.2 Å². The van der Waals surface area contributed by atoms with Gasteiger partial charge in [0.15, 0.2) is 5.82 Å². The van der Waals surface area contributed by atoms with Gasteiger partial charge in [-0.3, -0.25) is 4.52 Å². The van der Waals surface area contributed by atoms with Gasteiger partial charge in [0, 0.05) is 0 Å². The number of aliphatic hydroxyl groups excluding tert-OH is 1. The topological polar surface area (TPSA) is 279 Å². The minimum atomic E-state index is -5.75. The third-order valence-corrected chi connectivity index (χ3v) is 8.80. The summed E-state index contributed by atoms with van der Waals surface area (Å²) in [6.45, 7) is -1.45. The van der Waals surface area contributed by atoms with E-state index in [-0.39, 0.29) is 11.5 Å². The van der Waals surface area contributed by atoms with Crippen LogP contribution < -0.4 is 5.73 Å². The van der Waals surface area contributed by atoms with E-state index in [0.717, 1.165) is 6.33 Å². The molecule has 2 aromatic heterocycles. The molecule has 6 atom stereocenters. The average Bonchev–Trinajstić information content (AvgIpc) is 3.34. The normalized spacial score (nSPS) is 32.4. The van der Waals surface area contributed by atoms with E-state index < -0.39 is 60.1 Å². The molecule has 0 radical (unpaired) electrons. The lowest BCUT2D eigenvalue weighted by Gasteiger charge is -2.35. The quantitative estimate of drug-likeness (QED) is 0.215. The van der Waals surface area contributed by atoms with Crippen molar-refractivity contribution in [3.63, 3.8) is 0 Å². The Balaban J connectivity index is 1.59. The molecule has 186 valence electrons.